The molecule has 0 aliphatic carbocycles. The van der Waals surface area contributed by atoms with E-state index < -0.39 is 7.82 Å². The van der Waals surface area contributed by atoms with Crippen molar-refractivity contribution in [2.24, 2.45) is 0 Å². The number of hydrogen-bond acceptors (Lipinski definition) is 3. The summed E-state index contributed by atoms with van der Waals surface area (Å²) in [6.45, 7) is 1.14. The molecule has 8 heteroatoms. The molecule has 0 aromatic heterocycles. The van der Waals surface area contributed by atoms with Crippen molar-refractivity contribution >= 4 is 37.0 Å². The van der Waals surface area contributed by atoms with Crippen molar-refractivity contribution in [3.05, 3.63) is 0 Å². The van der Waals surface area contributed by atoms with Crippen LogP contribution in [0.5, 0.6) is 0 Å². The Morgan fingerprint density at radius 3 is 0.950 bits per heavy atom. The molecule has 0 atom stereocenters. The molecule has 0 aromatic rings. The molecule has 0 radical (unpaired) electrons. The van der Waals surface area contributed by atoms with E-state index in [0.29, 0.717) is 4.32 Å². The van der Waals surface area contributed by atoms with Crippen LogP contribution in [0.4, 0.5) is 0 Å². The molecule has 0 saturated heterocycles. The monoisotopic (exact) mass is 623 g/mol. The van der Waals surface area contributed by atoms with Crippen molar-refractivity contribution in [2.75, 3.05) is 13.2 Å². The number of hydrogen-bond donors (Lipinski definition) is 4. The fourth-order valence-electron chi connectivity index (χ4n) is 5.38. The van der Waals surface area contributed by atoms with Crippen LogP contribution < -0.4 is 5.32 Å². The van der Waals surface area contributed by atoms with Crippen LogP contribution in [0.25, 0.3) is 0 Å². The van der Waals surface area contributed by atoms with E-state index in [4.69, 9.17) is 22.0 Å². The SMILES string of the molecule is O=P(O)(O)OCCCCCCCCCCCCCCCCCCCCCCCCCCCCCCCNC(=S)S. The molecule has 0 saturated carbocycles. The minimum Gasteiger partial charge on any atom is -0.371 e. The molecule has 240 valence electrons. The van der Waals surface area contributed by atoms with Crippen LogP contribution >= 0.6 is 32.7 Å². The second-order valence-electron chi connectivity index (χ2n) is 11.8. The Labute approximate surface area is 259 Å². The summed E-state index contributed by atoms with van der Waals surface area (Å²) in [7, 11) is -4.27. The van der Waals surface area contributed by atoms with Crippen LogP contribution in [0.1, 0.15) is 186 Å². The van der Waals surface area contributed by atoms with E-state index in [1.165, 1.54) is 167 Å². The van der Waals surface area contributed by atoms with E-state index >= 15 is 0 Å². The highest BCUT2D eigenvalue weighted by Crippen LogP contribution is 2.35. The molecule has 0 heterocycles. The Balaban J connectivity index is 3.06. The van der Waals surface area contributed by atoms with Crippen molar-refractivity contribution in [1.29, 1.82) is 0 Å². The van der Waals surface area contributed by atoms with Gasteiger partial charge < -0.3 is 15.1 Å². The molecule has 5 nitrogen and oxygen atoms in total. The minimum atomic E-state index is -4.27. The summed E-state index contributed by atoms with van der Waals surface area (Å²) in [4.78, 5) is 17.2. The first-order valence-corrected chi connectivity index (χ1v) is 19.5. The smallest absolute Gasteiger partial charge is 0.371 e. The van der Waals surface area contributed by atoms with Gasteiger partial charge >= 0.3 is 7.82 Å². The molecule has 0 bridgehead atoms. The normalized spacial score (nSPS) is 11.8. The summed E-state index contributed by atoms with van der Waals surface area (Å²) >= 11 is 8.97. The standard InChI is InChI=1S/C32H66NO4PS2/c34-38(35,36)37-31-29-27-25-23-21-19-17-15-13-11-9-7-5-3-1-2-4-6-8-10-12-14-16-18-20-22-24-26-28-30-33-32(39)40/h1-31H2,(H2,33,39,40)(H2,34,35,36). The summed E-state index contributed by atoms with van der Waals surface area (Å²) in [6, 6.07) is 0. The summed E-state index contributed by atoms with van der Waals surface area (Å²) in [5, 5.41) is 3.10. The van der Waals surface area contributed by atoms with Gasteiger partial charge in [-0.25, -0.2) is 4.57 Å². The van der Waals surface area contributed by atoms with E-state index in [-0.39, 0.29) is 6.61 Å². The highest BCUT2D eigenvalue weighted by atomic mass is 32.1. The molecular formula is C32H66NO4PS2. The van der Waals surface area contributed by atoms with E-state index in [1.807, 2.05) is 0 Å². The van der Waals surface area contributed by atoms with Gasteiger partial charge in [0.05, 0.1) is 6.61 Å². The highest BCUT2D eigenvalue weighted by Gasteiger charge is 2.12. The zero-order valence-corrected chi connectivity index (χ0v) is 28.5. The molecule has 0 unspecified atom stereocenters. The molecule has 0 aliphatic rings. The lowest BCUT2D eigenvalue weighted by atomic mass is 10.0. The number of thiocarbonyl (C=S) groups is 1. The Bertz CT molecular complexity index is 577. The molecule has 40 heavy (non-hydrogen) atoms. The Hall–Kier alpha value is 0.350. The Kier molecular flexibility index (Phi) is 32.6. The number of phosphoric acid groups is 1. The molecule has 0 aliphatic heterocycles. The number of nitrogens with one attached hydrogen (secondary N) is 1. The topological polar surface area (TPSA) is 78.8 Å². The third-order valence-electron chi connectivity index (χ3n) is 7.86. The maximum absolute atomic E-state index is 10.6. The van der Waals surface area contributed by atoms with E-state index in [2.05, 4.69) is 22.5 Å². The number of phosphoric ester groups is 1. The Morgan fingerprint density at radius 2 is 0.725 bits per heavy atom. The first-order chi connectivity index (χ1) is 19.4. The second-order valence-corrected chi connectivity index (χ2v) is 14.2. The van der Waals surface area contributed by atoms with E-state index in [9.17, 15) is 4.57 Å². The lowest BCUT2D eigenvalue weighted by Gasteiger charge is -2.05. The summed E-state index contributed by atoms with van der Waals surface area (Å²) in [6.07, 6.45) is 39.0. The lowest BCUT2D eigenvalue weighted by Crippen LogP contribution is -2.17. The maximum atomic E-state index is 10.6. The Morgan fingerprint density at radius 1 is 0.500 bits per heavy atom. The average Bonchev–Trinajstić information content (AvgIpc) is 2.90. The molecule has 0 fully saturated rings. The number of thiol groups is 1. The van der Waals surface area contributed by atoms with Gasteiger partial charge in [0.15, 0.2) is 0 Å². The van der Waals surface area contributed by atoms with Gasteiger partial charge in [0, 0.05) is 6.54 Å². The third-order valence-corrected chi connectivity index (χ3v) is 8.68. The molecule has 0 spiro atoms. The number of rotatable bonds is 33. The molecule has 0 amide bonds. The molecule has 0 aromatic carbocycles. The summed E-state index contributed by atoms with van der Waals surface area (Å²) < 4.78 is 15.7. The van der Waals surface area contributed by atoms with Crippen molar-refractivity contribution in [1.82, 2.24) is 5.32 Å². The van der Waals surface area contributed by atoms with Crippen LogP contribution in [0, 0.1) is 0 Å². The second kappa shape index (κ2) is 32.3. The van der Waals surface area contributed by atoms with Crippen LogP contribution in [0.15, 0.2) is 0 Å². The first-order valence-electron chi connectivity index (χ1n) is 17.1. The van der Waals surface area contributed by atoms with Crippen LogP contribution in [0.2, 0.25) is 0 Å². The molecule has 3 N–H and O–H groups in total. The maximum Gasteiger partial charge on any atom is 0.469 e. The predicted octanol–water partition coefficient (Wildman–Crippen LogP) is 11.2. The zero-order valence-electron chi connectivity index (χ0n) is 25.9. The van der Waals surface area contributed by atoms with Gasteiger partial charge in [0.2, 0.25) is 0 Å². The van der Waals surface area contributed by atoms with Gasteiger partial charge in [0.25, 0.3) is 0 Å². The zero-order chi connectivity index (χ0) is 29.4. The van der Waals surface area contributed by atoms with Crippen molar-refractivity contribution in [2.45, 2.75) is 186 Å². The van der Waals surface area contributed by atoms with Gasteiger partial charge in [0.1, 0.15) is 4.32 Å². The van der Waals surface area contributed by atoms with E-state index in [1.54, 1.807) is 0 Å². The third kappa shape index (κ3) is 38.4. The highest BCUT2D eigenvalue weighted by molar-refractivity contribution is 8.11. The van der Waals surface area contributed by atoms with Gasteiger partial charge in [-0.3, -0.25) is 4.52 Å². The van der Waals surface area contributed by atoms with Crippen LogP contribution in [0.3, 0.4) is 0 Å². The fourth-order valence-corrected chi connectivity index (χ4v) is 5.96. The minimum absolute atomic E-state index is 0.166. The number of unbranched alkanes of at least 4 members (excludes halogenated alkanes) is 28. The van der Waals surface area contributed by atoms with Gasteiger partial charge in [-0.05, 0) is 12.8 Å². The van der Waals surface area contributed by atoms with Crippen LogP contribution in [-0.4, -0.2) is 27.3 Å². The van der Waals surface area contributed by atoms with Crippen molar-refractivity contribution in [3.63, 3.8) is 0 Å². The van der Waals surface area contributed by atoms with Crippen molar-refractivity contribution < 1.29 is 18.9 Å². The van der Waals surface area contributed by atoms with E-state index in [0.717, 1.165) is 25.8 Å². The predicted molar refractivity (Wildman–Crippen MR) is 181 cm³/mol. The molecular weight excluding hydrogens is 557 g/mol. The first kappa shape index (κ1) is 40.4. The summed E-state index contributed by atoms with van der Waals surface area (Å²) in [5.74, 6) is 0. The van der Waals surface area contributed by atoms with Gasteiger partial charge in [-0.1, -0.05) is 186 Å². The molecule has 0 rings (SSSR count). The summed E-state index contributed by atoms with van der Waals surface area (Å²) in [5.41, 5.74) is 0. The van der Waals surface area contributed by atoms with Crippen LogP contribution in [-0.2, 0) is 9.09 Å². The average molecular weight is 624 g/mol. The largest absolute Gasteiger partial charge is 0.469 e. The lowest BCUT2D eigenvalue weighted by molar-refractivity contribution is 0.193. The fraction of sp³-hybridized carbons (Fsp3) is 0.969. The van der Waals surface area contributed by atoms with Gasteiger partial charge in [-0.2, -0.15) is 0 Å². The van der Waals surface area contributed by atoms with Gasteiger partial charge in [-0.15, -0.1) is 12.6 Å². The van der Waals surface area contributed by atoms with Crippen molar-refractivity contribution in [3.8, 4) is 0 Å². The quantitative estimate of drug-likeness (QED) is 0.0252.